The second-order valence-electron chi connectivity index (χ2n) is 5.68. The van der Waals surface area contributed by atoms with Gasteiger partial charge in [0.05, 0.1) is 0 Å². The van der Waals surface area contributed by atoms with Crippen molar-refractivity contribution in [3.05, 3.63) is 64.9 Å². The van der Waals surface area contributed by atoms with Gasteiger partial charge in [-0.1, -0.05) is 49.7 Å². The van der Waals surface area contributed by atoms with Gasteiger partial charge in [-0.3, -0.25) is 0 Å². The molecule has 0 atom stereocenters. The fraction of sp³-hybridized carbons (Fsp3) is 0.235. The lowest BCUT2D eigenvalue weighted by atomic mass is 9.84. The first-order valence-corrected chi connectivity index (χ1v) is 7.32. The zero-order valence-electron chi connectivity index (χ0n) is 12.5. The number of hydrogen-bond acceptors (Lipinski definition) is 1. The fourth-order valence-electron chi connectivity index (χ4n) is 2.15. The van der Waals surface area contributed by atoms with Crippen LogP contribution in [0.1, 0.15) is 19.4 Å². The Morgan fingerprint density at radius 2 is 1.91 bits per heavy atom. The van der Waals surface area contributed by atoms with Gasteiger partial charge in [-0.05, 0) is 29.8 Å². The van der Waals surface area contributed by atoms with E-state index < -0.39 is 5.41 Å². The van der Waals surface area contributed by atoms with Gasteiger partial charge in [-0.2, -0.15) is 0 Å². The van der Waals surface area contributed by atoms with E-state index in [0.717, 1.165) is 0 Å². The topological polar surface area (TPSA) is 41.1 Å². The SMILES string of the molecule is CC(C)(CNC(=O)Nc1cccc(Cl)c1)c1ccccc1F. The van der Waals surface area contributed by atoms with Gasteiger partial charge >= 0.3 is 6.03 Å². The molecule has 0 spiro atoms. The van der Waals surface area contributed by atoms with Crippen molar-refractivity contribution in [2.75, 3.05) is 11.9 Å². The lowest BCUT2D eigenvalue weighted by Gasteiger charge is -2.26. The summed E-state index contributed by atoms with van der Waals surface area (Å²) in [4.78, 5) is 11.9. The van der Waals surface area contributed by atoms with Crippen LogP contribution in [0.2, 0.25) is 5.02 Å². The molecule has 2 N–H and O–H groups in total. The molecule has 2 aromatic carbocycles. The lowest BCUT2D eigenvalue weighted by Crippen LogP contribution is -2.39. The summed E-state index contributed by atoms with van der Waals surface area (Å²) in [6.07, 6.45) is 0. The highest BCUT2D eigenvalue weighted by molar-refractivity contribution is 6.30. The third-order valence-electron chi connectivity index (χ3n) is 3.38. The van der Waals surface area contributed by atoms with Gasteiger partial charge in [0, 0.05) is 22.7 Å². The van der Waals surface area contributed by atoms with Gasteiger partial charge in [-0.15, -0.1) is 0 Å². The van der Waals surface area contributed by atoms with E-state index in [2.05, 4.69) is 10.6 Å². The van der Waals surface area contributed by atoms with Crippen molar-refractivity contribution in [1.29, 1.82) is 0 Å². The Morgan fingerprint density at radius 3 is 2.59 bits per heavy atom. The van der Waals surface area contributed by atoms with Crippen LogP contribution in [0, 0.1) is 5.82 Å². The van der Waals surface area contributed by atoms with Crippen molar-refractivity contribution in [2.24, 2.45) is 0 Å². The van der Waals surface area contributed by atoms with Crippen LogP contribution in [-0.2, 0) is 5.41 Å². The summed E-state index contributed by atoms with van der Waals surface area (Å²) in [7, 11) is 0. The minimum atomic E-state index is -0.517. The minimum Gasteiger partial charge on any atom is -0.337 e. The number of nitrogens with one attached hydrogen (secondary N) is 2. The van der Waals surface area contributed by atoms with E-state index in [1.165, 1.54) is 6.07 Å². The van der Waals surface area contributed by atoms with Gasteiger partial charge in [0.25, 0.3) is 0 Å². The Morgan fingerprint density at radius 1 is 1.18 bits per heavy atom. The van der Waals surface area contributed by atoms with Crippen LogP contribution < -0.4 is 10.6 Å². The maximum absolute atomic E-state index is 13.9. The number of amides is 2. The number of hydrogen-bond donors (Lipinski definition) is 2. The second kappa shape index (κ2) is 6.79. The van der Waals surface area contributed by atoms with Gasteiger partial charge in [0.2, 0.25) is 0 Å². The zero-order valence-corrected chi connectivity index (χ0v) is 13.2. The summed E-state index contributed by atoms with van der Waals surface area (Å²) in [5, 5.41) is 6.00. The van der Waals surface area contributed by atoms with Crippen LogP contribution in [0.5, 0.6) is 0 Å². The molecule has 2 aromatic rings. The Hall–Kier alpha value is -2.07. The third-order valence-corrected chi connectivity index (χ3v) is 3.61. The summed E-state index contributed by atoms with van der Waals surface area (Å²) in [5.74, 6) is -0.274. The van der Waals surface area contributed by atoms with Crippen molar-refractivity contribution in [3.8, 4) is 0 Å². The number of carbonyl (C=O) groups is 1. The molecule has 22 heavy (non-hydrogen) atoms. The monoisotopic (exact) mass is 320 g/mol. The molecule has 0 heterocycles. The number of urea groups is 1. The smallest absolute Gasteiger partial charge is 0.319 e. The van der Waals surface area contributed by atoms with Crippen molar-refractivity contribution < 1.29 is 9.18 Å². The number of anilines is 1. The normalized spacial score (nSPS) is 11.1. The average Bonchev–Trinajstić information content (AvgIpc) is 2.45. The molecule has 0 aliphatic heterocycles. The number of carbonyl (C=O) groups excluding carboxylic acids is 1. The molecule has 0 fully saturated rings. The maximum Gasteiger partial charge on any atom is 0.319 e. The van der Waals surface area contributed by atoms with E-state index in [-0.39, 0.29) is 11.8 Å². The van der Waals surface area contributed by atoms with E-state index in [1.807, 2.05) is 13.8 Å². The predicted molar refractivity (Wildman–Crippen MR) is 87.9 cm³/mol. The van der Waals surface area contributed by atoms with Crippen LogP contribution in [-0.4, -0.2) is 12.6 Å². The van der Waals surface area contributed by atoms with Gasteiger partial charge in [0.1, 0.15) is 5.82 Å². The van der Waals surface area contributed by atoms with E-state index in [1.54, 1.807) is 42.5 Å². The molecular weight excluding hydrogens is 303 g/mol. The summed E-state index contributed by atoms with van der Waals surface area (Å²) >= 11 is 5.86. The first kappa shape index (κ1) is 16.3. The molecule has 0 aliphatic carbocycles. The fourth-order valence-corrected chi connectivity index (χ4v) is 2.34. The van der Waals surface area contributed by atoms with E-state index in [4.69, 9.17) is 11.6 Å². The van der Waals surface area contributed by atoms with Crippen molar-refractivity contribution in [2.45, 2.75) is 19.3 Å². The summed E-state index contributed by atoms with van der Waals surface area (Å²) < 4.78 is 13.9. The third kappa shape index (κ3) is 4.21. The Kier molecular flexibility index (Phi) is 5.03. The molecule has 0 aliphatic rings. The Bertz CT molecular complexity index is 673. The minimum absolute atomic E-state index is 0.274. The molecular formula is C17H18ClFN2O. The van der Waals surface area contributed by atoms with Crippen molar-refractivity contribution >= 4 is 23.3 Å². The quantitative estimate of drug-likeness (QED) is 0.850. The molecule has 0 saturated heterocycles. The molecule has 0 bridgehead atoms. The maximum atomic E-state index is 13.9. The van der Waals surface area contributed by atoms with Gasteiger partial charge < -0.3 is 10.6 Å². The Labute approximate surface area is 134 Å². The van der Waals surface area contributed by atoms with E-state index in [9.17, 15) is 9.18 Å². The Balaban J connectivity index is 1.97. The molecule has 116 valence electrons. The van der Waals surface area contributed by atoms with Crippen LogP contribution in [0.15, 0.2) is 48.5 Å². The first-order chi connectivity index (χ1) is 10.4. The molecule has 3 nitrogen and oxygen atoms in total. The van der Waals surface area contributed by atoms with Crippen molar-refractivity contribution in [3.63, 3.8) is 0 Å². The molecule has 0 aromatic heterocycles. The molecule has 2 rings (SSSR count). The molecule has 5 heteroatoms. The van der Waals surface area contributed by atoms with Crippen LogP contribution in [0.3, 0.4) is 0 Å². The largest absolute Gasteiger partial charge is 0.337 e. The summed E-state index contributed by atoms with van der Waals surface area (Å²) in [6.45, 7) is 4.07. The molecule has 0 unspecified atom stereocenters. The molecule has 0 saturated carbocycles. The highest BCUT2D eigenvalue weighted by Gasteiger charge is 2.24. The van der Waals surface area contributed by atoms with Gasteiger partial charge in [-0.25, -0.2) is 9.18 Å². The highest BCUT2D eigenvalue weighted by Crippen LogP contribution is 2.24. The number of benzene rings is 2. The second-order valence-corrected chi connectivity index (χ2v) is 6.12. The zero-order chi connectivity index (χ0) is 16.2. The standard InChI is InChI=1S/C17H18ClFN2O/c1-17(2,14-8-3-4-9-15(14)19)11-20-16(22)21-13-7-5-6-12(18)10-13/h3-10H,11H2,1-2H3,(H2,20,21,22). The van der Waals surface area contributed by atoms with E-state index >= 15 is 0 Å². The van der Waals surface area contributed by atoms with Crippen LogP contribution in [0.4, 0.5) is 14.9 Å². The average molecular weight is 321 g/mol. The summed E-state index contributed by atoms with van der Waals surface area (Å²) in [6, 6.07) is 13.1. The molecule has 0 radical (unpaired) electrons. The summed E-state index contributed by atoms with van der Waals surface area (Å²) in [5.41, 5.74) is 0.656. The number of rotatable bonds is 4. The number of halogens is 2. The molecule has 2 amide bonds. The predicted octanol–water partition coefficient (Wildman–Crippen LogP) is 4.58. The van der Waals surface area contributed by atoms with Crippen LogP contribution >= 0.6 is 11.6 Å². The van der Waals surface area contributed by atoms with Crippen molar-refractivity contribution in [1.82, 2.24) is 5.32 Å². The van der Waals surface area contributed by atoms with Gasteiger partial charge in [0.15, 0.2) is 0 Å². The van der Waals surface area contributed by atoms with E-state index in [0.29, 0.717) is 22.8 Å². The highest BCUT2D eigenvalue weighted by atomic mass is 35.5. The van der Waals surface area contributed by atoms with Crippen LogP contribution in [0.25, 0.3) is 0 Å². The lowest BCUT2D eigenvalue weighted by molar-refractivity contribution is 0.249. The first-order valence-electron chi connectivity index (χ1n) is 6.94.